The largest absolute Gasteiger partial charge is 0.367 e. The maximum absolute atomic E-state index is 12.4. The summed E-state index contributed by atoms with van der Waals surface area (Å²) < 4.78 is 0. The van der Waals surface area contributed by atoms with Crippen molar-refractivity contribution in [2.24, 2.45) is 0 Å². The second kappa shape index (κ2) is 8.25. The van der Waals surface area contributed by atoms with Crippen LogP contribution in [0.1, 0.15) is 54.6 Å². The molecule has 1 saturated carbocycles. The molecule has 6 heteroatoms. The normalized spacial score (nSPS) is 15.0. The third-order valence-corrected chi connectivity index (χ3v) is 4.36. The molecular formula is C19H21N5O. The topological polar surface area (TPSA) is 90.7 Å². The van der Waals surface area contributed by atoms with Crippen LogP contribution < -0.4 is 10.6 Å². The molecule has 1 fully saturated rings. The first-order valence-corrected chi connectivity index (χ1v) is 8.65. The van der Waals surface area contributed by atoms with Gasteiger partial charge in [0, 0.05) is 17.8 Å². The van der Waals surface area contributed by atoms with E-state index in [1.54, 1.807) is 30.3 Å². The fourth-order valence-corrected chi connectivity index (χ4v) is 3.05. The van der Waals surface area contributed by atoms with Crippen molar-refractivity contribution in [1.29, 1.82) is 5.26 Å². The van der Waals surface area contributed by atoms with Gasteiger partial charge in [-0.2, -0.15) is 5.26 Å². The lowest BCUT2D eigenvalue weighted by Gasteiger charge is -2.17. The van der Waals surface area contributed by atoms with E-state index in [-0.39, 0.29) is 5.91 Å². The van der Waals surface area contributed by atoms with Gasteiger partial charge in [0.25, 0.3) is 5.91 Å². The molecule has 1 heterocycles. The Morgan fingerprint density at radius 3 is 2.68 bits per heavy atom. The maximum Gasteiger partial charge on any atom is 0.274 e. The van der Waals surface area contributed by atoms with Gasteiger partial charge in [0.2, 0.25) is 0 Å². The van der Waals surface area contributed by atoms with E-state index in [4.69, 9.17) is 5.26 Å². The number of amides is 1. The van der Waals surface area contributed by atoms with Crippen LogP contribution in [-0.4, -0.2) is 21.9 Å². The van der Waals surface area contributed by atoms with Crippen LogP contribution in [-0.2, 0) is 0 Å². The zero-order valence-corrected chi connectivity index (χ0v) is 14.0. The quantitative estimate of drug-likeness (QED) is 0.831. The third kappa shape index (κ3) is 4.77. The number of hydrogen-bond acceptors (Lipinski definition) is 5. The highest BCUT2D eigenvalue weighted by Gasteiger charge is 2.14. The molecule has 0 unspecified atom stereocenters. The Hall–Kier alpha value is -2.94. The van der Waals surface area contributed by atoms with Crippen LogP contribution in [0.5, 0.6) is 0 Å². The molecule has 1 aliphatic rings. The van der Waals surface area contributed by atoms with Crippen molar-refractivity contribution in [3.8, 4) is 6.07 Å². The van der Waals surface area contributed by atoms with Gasteiger partial charge in [-0.15, -0.1) is 0 Å². The highest BCUT2D eigenvalue weighted by atomic mass is 16.1. The van der Waals surface area contributed by atoms with Crippen LogP contribution in [0.15, 0.2) is 36.7 Å². The van der Waals surface area contributed by atoms with Crippen molar-refractivity contribution in [2.45, 2.75) is 44.6 Å². The van der Waals surface area contributed by atoms with Crippen LogP contribution in [0.3, 0.4) is 0 Å². The molecule has 6 nitrogen and oxygen atoms in total. The van der Waals surface area contributed by atoms with Crippen LogP contribution in [0.25, 0.3) is 0 Å². The minimum Gasteiger partial charge on any atom is -0.367 e. The summed E-state index contributed by atoms with van der Waals surface area (Å²) in [6.07, 6.45) is 8.70. The molecule has 0 radical (unpaired) electrons. The molecule has 1 aromatic heterocycles. The predicted molar refractivity (Wildman–Crippen MR) is 96.3 cm³/mol. The standard InChI is InChI=1S/C19H21N5O/c20-12-14-6-5-9-16(10-14)24-19(25)17-11-18(22-13-21-17)23-15-7-3-1-2-4-8-15/h5-6,9-11,13,15H,1-4,7-8H2,(H,24,25)(H,21,22,23). The Labute approximate surface area is 147 Å². The molecular weight excluding hydrogens is 314 g/mol. The number of rotatable bonds is 4. The van der Waals surface area contributed by atoms with Gasteiger partial charge in [-0.3, -0.25) is 4.79 Å². The van der Waals surface area contributed by atoms with Gasteiger partial charge in [0.05, 0.1) is 11.6 Å². The Kier molecular flexibility index (Phi) is 5.57. The Balaban J connectivity index is 1.67. The zero-order chi connectivity index (χ0) is 17.5. The van der Waals surface area contributed by atoms with E-state index < -0.39 is 0 Å². The highest BCUT2D eigenvalue weighted by molar-refractivity contribution is 6.03. The number of aromatic nitrogens is 2. The minimum atomic E-state index is -0.318. The van der Waals surface area contributed by atoms with Crippen molar-refractivity contribution in [3.63, 3.8) is 0 Å². The summed E-state index contributed by atoms with van der Waals surface area (Å²) in [5, 5.41) is 15.1. The molecule has 3 rings (SSSR count). The summed E-state index contributed by atoms with van der Waals surface area (Å²) in [7, 11) is 0. The summed E-state index contributed by atoms with van der Waals surface area (Å²) in [4.78, 5) is 20.7. The van der Waals surface area contributed by atoms with Gasteiger partial charge >= 0.3 is 0 Å². The highest BCUT2D eigenvalue weighted by Crippen LogP contribution is 2.20. The van der Waals surface area contributed by atoms with Crippen molar-refractivity contribution in [3.05, 3.63) is 47.9 Å². The smallest absolute Gasteiger partial charge is 0.274 e. The summed E-state index contributed by atoms with van der Waals surface area (Å²) >= 11 is 0. The SMILES string of the molecule is N#Cc1cccc(NC(=O)c2cc(NC3CCCCCC3)ncn2)c1. The maximum atomic E-state index is 12.4. The predicted octanol–water partition coefficient (Wildman–Crippen LogP) is 3.74. The molecule has 25 heavy (non-hydrogen) atoms. The van der Waals surface area contributed by atoms with Crippen LogP contribution in [0.2, 0.25) is 0 Å². The van der Waals surface area contributed by atoms with Gasteiger partial charge in [-0.05, 0) is 31.0 Å². The first kappa shape index (κ1) is 16.9. The van der Waals surface area contributed by atoms with E-state index in [9.17, 15) is 4.79 Å². The average molecular weight is 335 g/mol. The van der Waals surface area contributed by atoms with Crippen LogP contribution in [0, 0.1) is 11.3 Å². The molecule has 0 bridgehead atoms. The molecule has 0 aliphatic heterocycles. The number of nitrogens with one attached hydrogen (secondary N) is 2. The molecule has 1 aromatic carbocycles. The van der Waals surface area contributed by atoms with Gasteiger partial charge in [-0.1, -0.05) is 31.7 Å². The summed E-state index contributed by atoms with van der Waals surface area (Å²) in [5.74, 6) is 0.360. The van der Waals surface area contributed by atoms with E-state index in [1.807, 2.05) is 0 Å². The van der Waals surface area contributed by atoms with Gasteiger partial charge in [0.1, 0.15) is 17.8 Å². The lowest BCUT2D eigenvalue weighted by Crippen LogP contribution is -2.20. The number of carbonyl (C=O) groups is 1. The Morgan fingerprint density at radius 2 is 1.92 bits per heavy atom. The summed E-state index contributed by atoms with van der Waals surface area (Å²) in [6.45, 7) is 0. The Bertz CT molecular complexity index is 775. The number of hydrogen-bond donors (Lipinski definition) is 2. The second-order valence-electron chi connectivity index (χ2n) is 6.27. The molecule has 2 aromatic rings. The molecule has 0 saturated heterocycles. The number of benzene rings is 1. The molecule has 2 N–H and O–H groups in total. The molecule has 1 amide bonds. The van der Waals surface area contributed by atoms with Gasteiger partial charge in [0.15, 0.2) is 0 Å². The van der Waals surface area contributed by atoms with Crippen LogP contribution >= 0.6 is 0 Å². The van der Waals surface area contributed by atoms with E-state index in [0.717, 1.165) is 12.8 Å². The van der Waals surface area contributed by atoms with E-state index in [0.29, 0.717) is 28.8 Å². The van der Waals surface area contributed by atoms with E-state index in [2.05, 4.69) is 26.7 Å². The molecule has 0 atom stereocenters. The number of carbonyl (C=O) groups excluding carboxylic acids is 1. The van der Waals surface area contributed by atoms with Crippen molar-refractivity contribution in [1.82, 2.24) is 9.97 Å². The average Bonchev–Trinajstić information content (AvgIpc) is 2.91. The molecule has 1 aliphatic carbocycles. The minimum absolute atomic E-state index is 0.300. The fraction of sp³-hybridized carbons (Fsp3) is 0.368. The van der Waals surface area contributed by atoms with E-state index >= 15 is 0 Å². The van der Waals surface area contributed by atoms with Gasteiger partial charge in [-0.25, -0.2) is 9.97 Å². The monoisotopic (exact) mass is 335 g/mol. The summed E-state index contributed by atoms with van der Waals surface area (Å²) in [5.41, 5.74) is 1.37. The summed E-state index contributed by atoms with van der Waals surface area (Å²) in [6, 6.07) is 10.9. The lowest BCUT2D eigenvalue weighted by molar-refractivity contribution is 0.102. The van der Waals surface area contributed by atoms with Crippen molar-refractivity contribution >= 4 is 17.4 Å². The van der Waals surface area contributed by atoms with Crippen molar-refractivity contribution in [2.75, 3.05) is 10.6 Å². The second-order valence-corrected chi connectivity index (χ2v) is 6.27. The van der Waals surface area contributed by atoms with Gasteiger partial charge < -0.3 is 10.6 Å². The first-order valence-electron chi connectivity index (χ1n) is 8.65. The van der Waals surface area contributed by atoms with Crippen molar-refractivity contribution < 1.29 is 4.79 Å². The fourth-order valence-electron chi connectivity index (χ4n) is 3.05. The molecule has 128 valence electrons. The first-order chi connectivity index (χ1) is 12.2. The lowest BCUT2D eigenvalue weighted by atomic mass is 10.1. The van der Waals surface area contributed by atoms with E-state index in [1.165, 1.54) is 32.0 Å². The Morgan fingerprint density at radius 1 is 1.12 bits per heavy atom. The number of anilines is 2. The van der Waals surface area contributed by atoms with Crippen LogP contribution in [0.4, 0.5) is 11.5 Å². The number of nitriles is 1. The number of nitrogens with zero attached hydrogens (tertiary/aromatic N) is 3. The zero-order valence-electron chi connectivity index (χ0n) is 14.0. The third-order valence-electron chi connectivity index (χ3n) is 4.36. The molecule has 0 spiro atoms.